The predicted octanol–water partition coefficient (Wildman–Crippen LogP) is 3.60. The third-order valence-corrected chi connectivity index (χ3v) is 5.58. The summed E-state index contributed by atoms with van der Waals surface area (Å²) in [6, 6.07) is 8.10. The number of halogens is 1. The molecule has 0 amide bonds. The van der Waals surface area contributed by atoms with E-state index < -0.39 is 0 Å². The summed E-state index contributed by atoms with van der Waals surface area (Å²) in [5.41, 5.74) is 1.50. The van der Waals surface area contributed by atoms with Crippen LogP contribution in [0.2, 0.25) is 5.02 Å². The Morgan fingerprint density at radius 3 is 2.57 bits per heavy atom. The van der Waals surface area contributed by atoms with E-state index in [1.54, 1.807) is 41.6 Å². The smallest absolute Gasteiger partial charge is 0.264 e. The molecular formula is C21H20ClN7O. The maximum Gasteiger partial charge on any atom is 0.264 e. The van der Waals surface area contributed by atoms with Gasteiger partial charge in [0.25, 0.3) is 5.56 Å². The maximum atomic E-state index is 12.6. The molecule has 30 heavy (non-hydrogen) atoms. The molecule has 1 aliphatic carbocycles. The fraction of sp³-hybridized carbons (Fsp3) is 0.238. The molecule has 2 atom stereocenters. The van der Waals surface area contributed by atoms with Crippen molar-refractivity contribution in [1.29, 1.82) is 0 Å². The van der Waals surface area contributed by atoms with Crippen LogP contribution in [-0.2, 0) is 0 Å². The van der Waals surface area contributed by atoms with E-state index in [1.165, 1.54) is 0 Å². The summed E-state index contributed by atoms with van der Waals surface area (Å²) in [7, 11) is 0. The van der Waals surface area contributed by atoms with Crippen LogP contribution in [0, 0.1) is 0 Å². The number of rotatable bonds is 5. The van der Waals surface area contributed by atoms with Crippen molar-refractivity contribution in [2.45, 2.75) is 31.3 Å². The average Bonchev–Trinajstić information content (AvgIpc) is 3.41. The van der Waals surface area contributed by atoms with Crippen LogP contribution < -0.4 is 16.2 Å². The zero-order chi connectivity index (χ0) is 20.5. The van der Waals surface area contributed by atoms with E-state index in [-0.39, 0.29) is 5.56 Å². The van der Waals surface area contributed by atoms with E-state index in [1.807, 2.05) is 18.2 Å². The molecule has 3 N–H and O–H groups in total. The van der Waals surface area contributed by atoms with E-state index in [4.69, 9.17) is 11.6 Å². The van der Waals surface area contributed by atoms with Gasteiger partial charge in [-0.05, 0) is 43.5 Å². The third kappa shape index (κ3) is 3.73. The van der Waals surface area contributed by atoms with E-state index in [9.17, 15) is 4.79 Å². The Hall–Kier alpha value is -3.39. The predicted molar refractivity (Wildman–Crippen MR) is 117 cm³/mol. The molecule has 1 saturated carbocycles. The lowest BCUT2D eigenvalue weighted by Crippen LogP contribution is -2.22. The Morgan fingerprint density at radius 1 is 1.00 bits per heavy atom. The molecule has 0 unspecified atom stereocenters. The molecule has 0 radical (unpaired) electrons. The highest BCUT2D eigenvalue weighted by atomic mass is 35.5. The number of pyridine rings is 2. The molecule has 8 nitrogen and oxygen atoms in total. The molecule has 0 spiro atoms. The minimum Gasteiger partial charge on any atom is -0.367 e. The lowest BCUT2D eigenvalue weighted by atomic mass is 10.2. The van der Waals surface area contributed by atoms with Crippen molar-refractivity contribution in [2.24, 2.45) is 0 Å². The van der Waals surface area contributed by atoms with E-state index in [0.29, 0.717) is 28.4 Å². The summed E-state index contributed by atoms with van der Waals surface area (Å²) in [5.74, 6) is 1.39. The molecule has 5 rings (SSSR count). The Bertz CT molecular complexity index is 1220. The van der Waals surface area contributed by atoms with Gasteiger partial charge in [0, 0.05) is 24.5 Å². The van der Waals surface area contributed by atoms with E-state index >= 15 is 0 Å². The largest absolute Gasteiger partial charge is 0.367 e. The van der Waals surface area contributed by atoms with Crippen molar-refractivity contribution < 1.29 is 0 Å². The molecule has 0 bridgehead atoms. The van der Waals surface area contributed by atoms with Crippen molar-refractivity contribution >= 4 is 34.3 Å². The Kier molecular flexibility index (Phi) is 4.84. The first-order valence-corrected chi connectivity index (χ1v) is 10.2. The van der Waals surface area contributed by atoms with Crippen LogP contribution in [0.3, 0.4) is 0 Å². The average molecular weight is 422 g/mol. The Morgan fingerprint density at radius 2 is 1.80 bits per heavy atom. The van der Waals surface area contributed by atoms with E-state index in [0.717, 1.165) is 36.3 Å². The van der Waals surface area contributed by atoms with Crippen molar-refractivity contribution in [3.8, 4) is 5.69 Å². The molecule has 0 aliphatic heterocycles. The minimum absolute atomic E-state index is 0.0645. The first kappa shape index (κ1) is 18.6. The molecule has 9 heteroatoms. The molecule has 1 fully saturated rings. The van der Waals surface area contributed by atoms with Crippen LogP contribution >= 0.6 is 11.6 Å². The highest BCUT2D eigenvalue weighted by molar-refractivity contribution is 6.30. The number of hydrogen-bond donors (Lipinski definition) is 3. The molecular weight excluding hydrogens is 402 g/mol. The molecule has 4 aromatic heterocycles. The van der Waals surface area contributed by atoms with Crippen LogP contribution in [0.25, 0.3) is 16.6 Å². The van der Waals surface area contributed by atoms with E-state index in [2.05, 4.69) is 30.6 Å². The maximum absolute atomic E-state index is 12.6. The van der Waals surface area contributed by atoms with Gasteiger partial charge in [-0.1, -0.05) is 11.6 Å². The second kappa shape index (κ2) is 7.79. The summed E-state index contributed by atoms with van der Waals surface area (Å²) in [5, 5.41) is 8.02. The summed E-state index contributed by atoms with van der Waals surface area (Å²) in [6.45, 7) is 0. The van der Waals surface area contributed by atoms with Crippen LogP contribution in [0.4, 0.5) is 11.8 Å². The number of H-pyrrole nitrogens is 1. The van der Waals surface area contributed by atoms with Gasteiger partial charge in [-0.2, -0.15) is 0 Å². The molecule has 0 aromatic carbocycles. The van der Waals surface area contributed by atoms with Gasteiger partial charge in [-0.25, -0.2) is 15.0 Å². The van der Waals surface area contributed by atoms with Gasteiger partial charge in [0.05, 0.1) is 40.2 Å². The van der Waals surface area contributed by atoms with Crippen LogP contribution in [0.1, 0.15) is 19.3 Å². The first-order chi connectivity index (χ1) is 14.7. The Balaban J connectivity index is 1.23. The van der Waals surface area contributed by atoms with Crippen molar-refractivity contribution in [3.05, 3.63) is 70.6 Å². The highest BCUT2D eigenvalue weighted by Crippen LogP contribution is 2.25. The van der Waals surface area contributed by atoms with Gasteiger partial charge in [-0.15, -0.1) is 0 Å². The van der Waals surface area contributed by atoms with Crippen molar-refractivity contribution in [2.75, 3.05) is 10.6 Å². The van der Waals surface area contributed by atoms with Crippen molar-refractivity contribution in [1.82, 2.24) is 24.5 Å². The summed E-state index contributed by atoms with van der Waals surface area (Å²) >= 11 is 5.83. The van der Waals surface area contributed by atoms with Gasteiger partial charge < -0.3 is 15.6 Å². The Labute approximate surface area is 177 Å². The lowest BCUT2D eigenvalue weighted by molar-refractivity contribution is 0.716. The first-order valence-electron chi connectivity index (χ1n) is 9.81. The van der Waals surface area contributed by atoms with Crippen LogP contribution in [-0.4, -0.2) is 36.6 Å². The van der Waals surface area contributed by atoms with Gasteiger partial charge in [0.15, 0.2) is 0 Å². The molecule has 152 valence electrons. The lowest BCUT2D eigenvalue weighted by Gasteiger charge is -2.15. The van der Waals surface area contributed by atoms with Gasteiger partial charge in [-0.3, -0.25) is 9.36 Å². The minimum atomic E-state index is -0.0645. The molecule has 0 saturated heterocycles. The molecule has 1 aliphatic rings. The number of nitrogens with one attached hydrogen (secondary N) is 3. The molecule has 4 aromatic rings. The zero-order valence-electron chi connectivity index (χ0n) is 16.0. The number of anilines is 2. The quantitative estimate of drug-likeness (QED) is 0.455. The zero-order valence-corrected chi connectivity index (χ0v) is 16.8. The van der Waals surface area contributed by atoms with Crippen LogP contribution in [0.15, 0.2) is 60.0 Å². The topological polar surface area (TPSA) is 101 Å². The second-order valence-electron chi connectivity index (χ2n) is 7.42. The number of hydrogen-bond acceptors (Lipinski definition) is 6. The monoisotopic (exact) mass is 421 g/mol. The number of fused-ring (bicyclic) bond motifs is 1. The molecule has 4 heterocycles. The SMILES string of the molecule is O=c1c2cc[nH]c2ccn1-c1ccc(N[C@H]2CC[C@H](Nc3ncc(Cl)cn3)C2)nc1. The summed E-state index contributed by atoms with van der Waals surface area (Å²) in [6.07, 6.45) is 11.4. The van der Waals surface area contributed by atoms with Gasteiger partial charge in [0.2, 0.25) is 5.95 Å². The van der Waals surface area contributed by atoms with Crippen molar-refractivity contribution in [3.63, 3.8) is 0 Å². The van der Waals surface area contributed by atoms with Gasteiger partial charge >= 0.3 is 0 Å². The summed E-state index contributed by atoms with van der Waals surface area (Å²) in [4.78, 5) is 28.6. The fourth-order valence-electron chi connectivity index (χ4n) is 3.89. The van der Waals surface area contributed by atoms with Crippen LogP contribution in [0.5, 0.6) is 0 Å². The third-order valence-electron chi connectivity index (χ3n) is 5.38. The fourth-order valence-corrected chi connectivity index (χ4v) is 3.99. The number of aromatic amines is 1. The number of nitrogens with zero attached hydrogens (tertiary/aromatic N) is 4. The normalized spacial score (nSPS) is 18.6. The summed E-state index contributed by atoms with van der Waals surface area (Å²) < 4.78 is 1.61. The number of aromatic nitrogens is 5. The van der Waals surface area contributed by atoms with Gasteiger partial charge in [0.1, 0.15) is 5.82 Å². The second-order valence-corrected chi connectivity index (χ2v) is 7.85. The highest BCUT2D eigenvalue weighted by Gasteiger charge is 2.25. The standard InChI is InChI=1S/C21H20ClN7O/c22-13-10-25-21(26-11-13)28-15-2-1-14(9-15)27-19-4-3-16(12-24-19)29-8-6-18-17(20(29)30)5-7-23-18/h3-8,10-12,14-15,23H,1-2,9H2,(H,24,27)(H,25,26,28)/t14-,15-/m0/s1.